The minimum Gasteiger partial charge on any atom is -0.511 e. The molecular weight excluding hydrogens is 222 g/mol. The van der Waals surface area contributed by atoms with Crippen LogP contribution >= 0.6 is 0 Å². The summed E-state index contributed by atoms with van der Waals surface area (Å²) in [6.45, 7) is 4.37. The van der Waals surface area contributed by atoms with Crippen LogP contribution in [0.15, 0.2) is 16.3 Å². The monoisotopic (exact) mass is 239 g/mol. The third-order valence-electron chi connectivity index (χ3n) is 2.51. The number of Topliss-reactive ketones (excluding diaryl/α,β-unsaturated/α-hetero) is 1. The van der Waals surface area contributed by atoms with Crippen molar-refractivity contribution in [2.24, 2.45) is 10.9 Å². The van der Waals surface area contributed by atoms with E-state index < -0.39 is 11.9 Å². The number of rotatable bonds is 4. The molecule has 1 aliphatic rings. The SMILES string of the molecule is CCN=CC1=C(O)CC(C(=O)OCC)CC1=O. The van der Waals surface area contributed by atoms with Crippen molar-refractivity contribution in [2.75, 3.05) is 13.2 Å². The van der Waals surface area contributed by atoms with E-state index in [0.717, 1.165) is 0 Å². The van der Waals surface area contributed by atoms with Crippen LogP contribution in [-0.4, -0.2) is 36.2 Å². The Hall–Kier alpha value is -1.65. The molecule has 1 N–H and O–H groups in total. The molecule has 0 heterocycles. The quantitative estimate of drug-likeness (QED) is 0.594. The molecule has 1 unspecified atom stereocenters. The van der Waals surface area contributed by atoms with Crippen LogP contribution in [0, 0.1) is 5.92 Å². The first-order chi connectivity index (χ1) is 8.10. The number of hydrogen-bond acceptors (Lipinski definition) is 5. The molecule has 0 radical (unpaired) electrons. The number of carbonyl (C=O) groups excluding carboxylic acids is 2. The van der Waals surface area contributed by atoms with E-state index in [4.69, 9.17) is 4.74 Å². The fraction of sp³-hybridized carbons (Fsp3) is 0.583. The standard InChI is InChI=1S/C12H17NO4/c1-3-13-7-9-10(14)5-8(6-11(9)15)12(16)17-4-2/h7-8,14H,3-6H2,1-2H3. The van der Waals surface area contributed by atoms with Gasteiger partial charge in [-0.1, -0.05) is 0 Å². The maximum Gasteiger partial charge on any atom is 0.309 e. The van der Waals surface area contributed by atoms with Crippen molar-refractivity contribution in [1.82, 2.24) is 0 Å². The van der Waals surface area contributed by atoms with Gasteiger partial charge in [-0.05, 0) is 13.8 Å². The molecule has 1 atom stereocenters. The Bertz CT molecular complexity index is 371. The summed E-state index contributed by atoms with van der Waals surface area (Å²) >= 11 is 0. The molecule has 0 saturated heterocycles. The van der Waals surface area contributed by atoms with E-state index in [1.807, 2.05) is 6.92 Å². The lowest BCUT2D eigenvalue weighted by Crippen LogP contribution is -2.27. The van der Waals surface area contributed by atoms with E-state index in [9.17, 15) is 14.7 Å². The summed E-state index contributed by atoms with van der Waals surface area (Å²) in [5, 5.41) is 9.71. The molecule has 5 heteroatoms. The van der Waals surface area contributed by atoms with E-state index in [2.05, 4.69) is 4.99 Å². The van der Waals surface area contributed by atoms with Crippen LogP contribution < -0.4 is 0 Å². The maximum atomic E-state index is 11.7. The van der Waals surface area contributed by atoms with E-state index in [1.54, 1.807) is 6.92 Å². The van der Waals surface area contributed by atoms with Gasteiger partial charge >= 0.3 is 5.97 Å². The van der Waals surface area contributed by atoms with Gasteiger partial charge in [0.05, 0.1) is 18.1 Å². The van der Waals surface area contributed by atoms with Crippen LogP contribution in [0.4, 0.5) is 0 Å². The van der Waals surface area contributed by atoms with Crippen LogP contribution in [0.5, 0.6) is 0 Å². The van der Waals surface area contributed by atoms with Crippen LogP contribution in [0.1, 0.15) is 26.7 Å². The number of ketones is 1. The summed E-state index contributed by atoms with van der Waals surface area (Å²) in [4.78, 5) is 27.1. The zero-order chi connectivity index (χ0) is 12.8. The second kappa shape index (κ2) is 6.18. The summed E-state index contributed by atoms with van der Waals surface area (Å²) in [6.07, 6.45) is 1.60. The van der Waals surface area contributed by atoms with Gasteiger partial charge in [-0.3, -0.25) is 14.6 Å². The van der Waals surface area contributed by atoms with Crippen molar-refractivity contribution >= 4 is 18.0 Å². The first-order valence-corrected chi connectivity index (χ1v) is 5.71. The zero-order valence-corrected chi connectivity index (χ0v) is 10.1. The van der Waals surface area contributed by atoms with E-state index in [1.165, 1.54) is 6.21 Å². The number of hydrogen-bond donors (Lipinski definition) is 1. The molecule has 0 spiro atoms. The number of ether oxygens (including phenoxy) is 1. The lowest BCUT2D eigenvalue weighted by molar-refractivity contribution is -0.149. The van der Waals surface area contributed by atoms with Crippen molar-refractivity contribution in [3.05, 3.63) is 11.3 Å². The van der Waals surface area contributed by atoms with E-state index >= 15 is 0 Å². The van der Waals surface area contributed by atoms with Crippen molar-refractivity contribution in [3.8, 4) is 0 Å². The van der Waals surface area contributed by atoms with E-state index in [-0.39, 0.29) is 36.6 Å². The van der Waals surface area contributed by atoms with Crippen LogP contribution in [0.3, 0.4) is 0 Å². The highest BCUT2D eigenvalue weighted by Gasteiger charge is 2.32. The van der Waals surface area contributed by atoms with E-state index in [0.29, 0.717) is 6.54 Å². The van der Waals surface area contributed by atoms with Crippen molar-refractivity contribution in [2.45, 2.75) is 26.7 Å². The lowest BCUT2D eigenvalue weighted by Gasteiger charge is -2.20. The molecule has 94 valence electrons. The van der Waals surface area contributed by atoms with Crippen molar-refractivity contribution in [1.29, 1.82) is 0 Å². The highest BCUT2D eigenvalue weighted by atomic mass is 16.5. The summed E-state index contributed by atoms with van der Waals surface area (Å²) in [6, 6.07) is 0. The largest absolute Gasteiger partial charge is 0.511 e. The Morgan fingerprint density at radius 2 is 2.24 bits per heavy atom. The normalized spacial score (nSPS) is 21.1. The van der Waals surface area contributed by atoms with Crippen LogP contribution in [0.2, 0.25) is 0 Å². The van der Waals surface area contributed by atoms with Crippen molar-refractivity contribution in [3.63, 3.8) is 0 Å². The topological polar surface area (TPSA) is 76.0 Å². The molecule has 0 amide bonds. The predicted octanol–water partition coefficient (Wildman–Crippen LogP) is 1.43. The smallest absolute Gasteiger partial charge is 0.309 e. The van der Waals surface area contributed by atoms with Gasteiger partial charge in [-0.15, -0.1) is 0 Å². The van der Waals surface area contributed by atoms with Gasteiger partial charge in [0.1, 0.15) is 5.76 Å². The molecule has 0 aromatic heterocycles. The number of aliphatic hydroxyl groups excluding tert-OH is 1. The van der Waals surface area contributed by atoms with Crippen molar-refractivity contribution < 1.29 is 19.4 Å². The summed E-state index contributed by atoms with van der Waals surface area (Å²) in [7, 11) is 0. The van der Waals surface area contributed by atoms with Gasteiger partial charge < -0.3 is 9.84 Å². The minimum atomic E-state index is -0.568. The number of allylic oxidation sites excluding steroid dienone is 2. The molecule has 0 fully saturated rings. The third-order valence-corrected chi connectivity index (χ3v) is 2.51. The first-order valence-electron chi connectivity index (χ1n) is 5.71. The summed E-state index contributed by atoms with van der Waals surface area (Å²) in [5.74, 6) is -1.33. The van der Waals surface area contributed by atoms with Gasteiger partial charge in [0.15, 0.2) is 5.78 Å². The molecular formula is C12H17NO4. The minimum absolute atomic E-state index is 0.0727. The number of esters is 1. The number of aliphatic hydroxyl groups is 1. The Morgan fingerprint density at radius 1 is 1.53 bits per heavy atom. The average Bonchev–Trinajstić information content (AvgIpc) is 2.28. The molecule has 0 aliphatic heterocycles. The molecule has 5 nitrogen and oxygen atoms in total. The zero-order valence-electron chi connectivity index (χ0n) is 10.1. The predicted molar refractivity (Wildman–Crippen MR) is 63.1 cm³/mol. The Kier molecular flexibility index (Phi) is 4.87. The highest BCUT2D eigenvalue weighted by Crippen LogP contribution is 2.25. The number of aliphatic imine (C=N–C) groups is 1. The highest BCUT2D eigenvalue weighted by molar-refractivity contribution is 6.15. The Balaban J connectivity index is 2.79. The van der Waals surface area contributed by atoms with Gasteiger partial charge in [-0.25, -0.2) is 0 Å². The first kappa shape index (κ1) is 13.4. The number of carbonyl (C=O) groups is 2. The second-order valence-electron chi connectivity index (χ2n) is 3.77. The molecule has 17 heavy (non-hydrogen) atoms. The van der Waals surface area contributed by atoms with Crippen LogP contribution in [-0.2, 0) is 14.3 Å². The second-order valence-corrected chi connectivity index (χ2v) is 3.77. The lowest BCUT2D eigenvalue weighted by atomic mass is 9.87. The Labute approximate surface area is 100 Å². The average molecular weight is 239 g/mol. The fourth-order valence-electron chi connectivity index (χ4n) is 1.67. The van der Waals surface area contributed by atoms with Gasteiger partial charge in [0.2, 0.25) is 0 Å². The fourth-order valence-corrected chi connectivity index (χ4v) is 1.67. The van der Waals surface area contributed by atoms with Gasteiger partial charge in [0.25, 0.3) is 0 Å². The van der Waals surface area contributed by atoms with Gasteiger partial charge in [-0.2, -0.15) is 0 Å². The molecule has 0 aromatic rings. The summed E-state index contributed by atoms with van der Waals surface area (Å²) < 4.78 is 4.84. The van der Waals surface area contributed by atoms with Gasteiger partial charge in [0, 0.05) is 25.6 Å². The Morgan fingerprint density at radius 3 is 2.76 bits per heavy atom. The molecule has 1 rings (SSSR count). The molecule has 0 bridgehead atoms. The molecule has 0 saturated carbocycles. The molecule has 0 aromatic carbocycles. The van der Waals surface area contributed by atoms with Crippen LogP contribution in [0.25, 0.3) is 0 Å². The third kappa shape index (κ3) is 3.41. The summed E-state index contributed by atoms with van der Waals surface area (Å²) in [5.41, 5.74) is 0.215. The number of nitrogens with zero attached hydrogens (tertiary/aromatic N) is 1. The molecule has 1 aliphatic carbocycles. The maximum absolute atomic E-state index is 11.7.